The smallest absolute Gasteiger partial charge is 0.244 e. The number of carbonyl (C=O) groups excluding carboxylic acids is 1. The van der Waals surface area contributed by atoms with E-state index in [1.807, 2.05) is 43.3 Å². The van der Waals surface area contributed by atoms with Gasteiger partial charge in [0.15, 0.2) is 11.5 Å². The Morgan fingerprint density at radius 1 is 1.27 bits per heavy atom. The van der Waals surface area contributed by atoms with Crippen LogP contribution in [0.2, 0.25) is 0 Å². The van der Waals surface area contributed by atoms with Crippen molar-refractivity contribution < 1.29 is 18.7 Å². The Labute approximate surface area is 128 Å². The van der Waals surface area contributed by atoms with Crippen LogP contribution in [-0.2, 0) is 4.79 Å². The van der Waals surface area contributed by atoms with Crippen molar-refractivity contribution in [2.24, 2.45) is 0 Å². The van der Waals surface area contributed by atoms with Crippen LogP contribution in [0.4, 0.5) is 0 Å². The molecule has 1 atom stereocenters. The molecule has 1 amide bonds. The van der Waals surface area contributed by atoms with Crippen molar-refractivity contribution in [1.29, 1.82) is 0 Å². The number of furan rings is 1. The Kier molecular flexibility index (Phi) is 4.14. The minimum atomic E-state index is -0.198. The van der Waals surface area contributed by atoms with Crippen molar-refractivity contribution in [2.75, 3.05) is 13.2 Å². The third-order valence-electron chi connectivity index (χ3n) is 3.23. The molecule has 0 bridgehead atoms. The van der Waals surface area contributed by atoms with E-state index in [0.29, 0.717) is 24.7 Å². The molecule has 5 nitrogen and oxygen atoms in total. The van der Waals surface area contributed by atoms with E-state index in [4.69, 9.17) is 13.9 Å². The summed E-state index contributed by atoms with van der Waals surface area (Å²) in [6.07, 6.45) is 2.88. The van der Waals surface area contributed by atoms with Gasteiger partial charge in [-0.1, -0.05) is 12.1 Å². The fourth-order valence-corrected chi connectivity index (χ4v) is 2.14. The Balaban J connectivity index is 1.49. The second-order valence-electron chi connectivity index (χ2n) is 5.02. The van der Waals surface area contributed by atoms with Crippen LogP contribution in [-0.4, -0.2) is 25.2 Å². The van der Waals surface area contributed by atoms with Crippen LogP contribution in [0, 0.1) is 6.92 Å². The molecule has 22 heavy (non-hydrogen) atoms. The van der Waals surface area contributed by atoms with Crippen molar-refractivity contribution in [3.05, 3.63) is 54.0 Å². The first kappa shape index (κ1) is 14.3. The first-order chi connectivity index (χ1) is 10.7. The summed E-state index contributed by atoms with van der Waals surface area (Å²) in [5.41, 5.74) is 0. The molecule has 0 saturated heterocycles. The normalized spacial score (nSPS) is 16.7. The van der Waals surface area contributed by atoms with E-state index in [1.165, 1.54) is 6.08 Å². The summed E-state index contributed by atoms with van der Waals surface area (Å²) < 4.78 is 16.7. The molecule has 3 rings (SSSR count). The van der Waals surface area contributed by atoms with E-state index in [0.717, 1.165) is 11.5 Å². The van der Waals surface area contributed by atoms with E-state index in [2.05, 4.69) is 5.32 Å². The van der Waals surface area contributed by atoms with Gasteiger partial charge in [-0.2, -0.15) is 0 Å². The second-order valence-corrected chi connectivity index (χ2v) is 5.02. The molecular weight excluding hydrogens is 282 g/mol. The number of para-hydroxylation sites is 2. The summed E-state index contributed by atoms with van der Waals surface area (Å²) in [6.45, 7) is 2.66. The summed E-state index contributed by atoms with van der Waals surface area (Å²) in [7, 11) is 0. The minimum Gasteiger partial charge on any atom is -0.486 e. The Bertz CT molecular complexity index is 689. The first-order valence-electron chi connectivity index (χ1n) is 7.11. The van der Waals surface area contributed by atoms with Gasteiger partial charge < -0.3 is 19.2 Å². The van der Waals surface area contributed by atoms with E-state index >= 15 is 0 Å². The Morgan fingerprint density at radius 2 is 2.09 bits per heavy atom. The van der Waals surface area contributed by atoms with E-state index < -0.39 is 0 Å². The largest absolute Gasteiger partial charge is 0.486 e. The maximum Gasteiger partial charge on any atom is 0.244 e. The number of fused-ring (bicyclic) bond motifs is 1. The van der Waals surface area contributed by atoms with Crippen molar-refractivity contribution >= 4 is 12.0 Å². The molecule has 5 heteroatoms. The van der Waals surface area contributed by atoms with Crippen LogP contribution in [0.1, 0.15) is 11.5 Å². The third kappa shape index (κ3) is 3.49. The molecule has 2 heterocycles. The van der Waals surface area contributed by atoms with Gasteiger partial charge in [0, 0.05) is 6.08 Å². The van der Waals surface area contributed by atoms with E-state index in [-0.39, 0.29) is 12.0 Å². The molecular formula is C17H17NO4. The van der Waals surface area contributed by atoms with Gasteiger partial charge in [0.05, 0.1) is 6.54 Å². The standard InChI is InChI=1S/C17H17NO4/c1-12-6-7-13(21-12)8-9-17(19)18-10-14-11-20-15-4-2-3-5-16(15)22-14/h2-9,14H,10-11H2,1H3,(H,18,19)/b9-8+/t14-/m1/s1. The number of benzene rings is 1. The molecule has 0 radical (unpaired) electrons. The zero-order valence-corrected chi connectivity index (χ0v) is 12.2. The Morgan fingerprint density at radius 3 is 2.86 bits per heavy atom. The molecule has 114 valence electrons. The molecule has 0 unspecified atom stereocenters. The van der Waals surface area contributed by atoms with Crippen molar-refractivity contribution in [3.63, 3.8) is 0 Å². The fourth-order valence-electron chi connectivity index (χ4n) is 2.14. The summed E-state index contributed by atoms with van der Waals surface area (Å²) >= 11 is 0. The minimum absolute atomic E-state index is 0.196. The van der Waals surface area contributed by atoms with Crippen molar-refractivity contribution in [3.8, 4) is 11.5 Å². The summed E-state index contributed by atoms with van der Waals surface area (Å²) in [5.74, 6) is 2.70. The molecule has 0 spiro atoms. The van der Waals surface area contributed by atoms with E-state index in [1.54, 1.807) is 6.08 Å². The molecule has 1 aromatic heterocycles. The highest BCUT2D eigenvalue weighted by Crippen LogP contribution is 2.30. The number of hydrogen-bond acceptors (Lipinski definition) is 4. The van der Waals surface area contributed by atoms with Gasteiger partial charge in [-0.3, -0.25) is 4.79 Å². The van der Waals surface area contributed by atoms with E-state index in [9.17, 15) is 4.79 Å². The quantitative estimate of drug-likeness (QED) is 0.881. The number of ether oxygens (including phenoxy) is 2. The fraction of sp³-hybridized carbons (Fsp3) is 0.235. The summed E-state index contributed by atoms with van der Waals surface area (Å²) in [4.78, 5) is 11.8. The lowest BCUT2D eigenvalue weighted by Gasteiger charge is -2.26. The predicted molar refractivity (Wildman–Crippen MR) is 81.8 cm³/mol. The van der Waals surface area contributed by atoms with Gasteiger partial charge in [0.25, 0.3) is 0 Å². The van der Waals surface area contributed by atoms with Crippen LogP contribution in [0.25, 0.3) is 6.08 Å². The SMILES string of the molecule is Cc1ccc(/C=C/C(=O)NC[C@@H]2COc3ccccc3O2)o1. The number of aryl methyl sites for hydroxylation is 1. The molecule has 1 aliphatic rings. The maximum absolute atomic E-state index is 11.8. The number of rotatable bonds is 4. The van der Waals surface area contributed by atoms with Crippen LogP contribution in [0.3, 0.4) is 0 Å². The Hall–Kier alpha value is -2.69. The summed E-state index contributed by atoms with van der Waals surface area (Å²) in [6, 6.07) is 11.2. The number of amides is 1. The zero-order valence-electron chi connectivity index (χ0n) is 12.2. The molecule has 0 aliphatic carbocycles. The highest BCUT2D eigenvalue weighted by Gasteiger charge is 2.20. The van der Waals surface area contributed by atoms with Gasteiger partial charge in [0.1, 0.15) is 24.2 Å². The van der Waals surface area contributed by atoms with Gasteiger partial charge in [-0.05, 0) is 37.3 Å². The monoisotopic (exact) mass is 299 g/mol. The maximum atomic E-state index is 11.8. The molecule has 0 saturated carbocycles. The highest BCUT2D eigenvalue weighted by molar-refractivity contribution is 5.91. The molecule has 1 N–H and O–H groups in total. The molecule has 2 aromatic rings. The average Bonchev–Trinajstić information content (AvgIpc) is 2.96. The number of hydrogen-bond donors (Lipinski definition) is 1. The molecule has 1 aromatic carbocycles. The summed E-state index contributed by atoms with van der Waals surface area (Å²) in [5, 5.41) is 2.79. The third-order valence-corrected chi connectivity index (χ3v) is 3.23. The highest BCUT2D eigenvalue weighted by atomic mass is 16.6. The average molecular weight is 299 g/mol. The van der Waals surface area contributed by atoms with Crippen LogP contribution in [0.5, 0.6) is 11.5 Å². The predicted octanol–water partition coefficient (Wildman–Crippen LogP) is 2.56. The van der Waals surface area contributed by atoms with Gasteiger partial charge in [-0.15, -0.1) is 0 Å². The van der Waals surface area contributed by atoms with Crippen LogP contribution in [0.15, 0.2) is 46.9 Å². The number of carbonyl (C=O) groups is 1. The van der Waals surface area contributed by atoms with Crippen molar-refractivity contribution in [1.82, 2.24) is 5.32 Å². The van der Waals surface area contributed by atoms with Gasteiger partial charge >= 0.3 is 0 Å². The van der Waals surface area contributed by atoms with Gasteiger partial charge in [0.2, 0.25) is 5.91 Å². The molecule has 1 aliphatic heterocycles. The topological polar surface area (TPSA) is 60.7 Å². The molecule has 0 fully saturated rings. The lowest BCUT2D eigenvalue weighted by atomic mass is 10.2. The van der Waals surface area contributed by atoms with Crippen molar-refractivity contribution in [2.45, 2.75) is 13.0 Å². The lowest BCUT2D eigenvalue weighted by Crippen LogP contribution is -2.40. The zero-order chi connectivity index (χ0) is 15.4. The van der Waals surface area contributed by atoms with Crippen LogP contribution >= 0.6 is 0 Å². The lowest BCUT2D eigenvalue weighted by molar-refractivity contribution is -0.116. The number of nitrogens with one attached hydrogen (secondary N) is 1. The second kappa shape index (κ2) is 6.39. The first-order valence-corrected chi connectivity index (χ1v) is 7.11. The van der Waals surface area contributed by atoms with Crippen LogP contribution < -0.4 is 14.8 Å². The van der Waals surface area contributed by atoms with Gasteiger partial charge in [-0.25, -0.2) is 0 Å².